The largest absolute Gasteiger partial charge is 0.772 e. The number of halogens is 6. The highest BCUT2D eigenvalue weighted by molar-refractivity contribution is 7.93. The van der Waals surface area contributed by atoms with Gasteiger partial charge in [0.1, 0.15) is 11.6 Å². The molecule has 4 heterocycles. The van der Waals surface area contributed by atoms with Gasteiger partial charge in [0.05, 0.1) is 98.0 Å². The van der Waals surface area contributed by atoms with Crippen LogP contribution in [0.15, 0.2) is 182 Å². The average molecular weight is 2120 g/mol. The lowest BCUT2D eigenvalue weighted by Gasteiger charge is -2.37. The van der Waals surface area contributed by atoms with Gasteiger partial charge in [-0.15, -0.1) is 0 Å². The number of morpholine rings is 4. The van der Waals surface area contributed by atoms with E-state index in [9.17, 15) is 64.7 Å². The molecule has 0 amide bonds. The predicted octanol–water partition coefficient (Wildman–Crippen LogP) is 20.3. The van der Waals surface area contributed by atoms with Gasteiger partial charge in [-0.2, -0.15) is 0 Å². The molecule has 1 saturated carbocycles. The van der Waals surface area contributed by atoms with Gasteiger partial charge < -0.3 is 85.7 Å². The average Bonchev–Trinajstić information content (AvgIpc) is 0.821. The summed E-state index contributed by atoms with van der Waals surface area (Å²) < 4.78 is 209. The number of nitrogens with one attached hydrogen (secondary N) is 8. The van der Waals surface area contributed by atoms with Crippen LogP contribution in [0.5, 0.6) is 0 Å². The standard InChI is InChI=1S/C22H36ClN3O3S.C22H30FN3O3S.C20H27N3O.C19H24FN3O.C16H17F3N2O2S.2C3H8O2S/c1-15(2)30(27,28)25-19-7-5-18(6-8-19)12-24-20-9-10-22(21(23)11-20)26-13-16(3)29-17(4)14-26;1-15(2)30(27,28)25-19-7-5-18(6-8-19)12-24-22-10-9-20(11-21(22)23)26-13-16(3)29-17(4)14-26;1-14-10-19(23-12-15(2)24-16(3)13-23)8-9-20(14)22-11-17-4-6-18(21)7-5-17;1-13-11-23(12-14(2)24-13)19-9-16(20)5-8-18(19)22-10-15-3-6-17(21)7-4-15;1-10(2)24(22,23)21-12-5-3-11(4-6-12)9-20-14-8-7-13(17)15(18)16(14)19;2*1-3(2)6(4)5/h9-11,15-19,24-25H,5-8,12-14H2,1-4H3;5-11,15-17,24-25H,12-14H2,1-4H3;4-10,15-16,22H,11-13,21H2,1-3H3;3-9,13-14,22H,10-12,21H2,1-2H3;3-8,10,20-21H,9H2,1-2H3;2*3H,1-2H3,(H,4,5)/p-2/t16-,17+,18?,19?;16-,17+;15-,16+;13-,14+;;;. The molecule has 10 atom stereocenters. The molecule has 2 unspecified atom stereocenters. The number of nitrogens with zero attached hydrogens (tertiary/aromatic N) is 4. The molecule has 0 spiro atoms. The maximum absolute atomic E-state index is 14.6. The Morgan fingerprint density at radius 3 is 1.10 bits per heavy atom. The van der Waals surface area contributed by atoms with Crippen molar-refractivity contribution < 1.29 is 83.7 Å². The molecule has 9 aromatic rings. The lowest BCUT2D eigenvalue weighted by atomic mass is 9.86. The SMILES string of the molecule is CC(C)S(=O)(=O)NC1CCC(CNc2ccc(N3C[C@@H](C)O[C@@H](C)C3)c(Cl)c2)CC1.CC(C)S(=O)(=O)Nc1ccc(CNc2ccc(F)c(F)c2F)cc1.CC(C)S(=O)(=O)Nc1ccc(CNc2ccc(N3C[C@@H](C)O[C@@H](C)C3)cc2F)cc1.CC(C)S(=O)[O-].CC(C)S(=O)[O-].C[C@@H]1CN(c2cc(F)ccc2NCc2ccc(N)cc2)C[C@H](C)O1.Cc1cc(N2C[C@@H](C)O[C@@H](C)C2)ccc1NCc1ccc(N)cc1. The molecule has 5 fully saturated rings. The minimum absolute atomic E-state index is 0.0701. The van der Waals surface area contributed by atoms with E-state index in [0.29, 0.717) is 41.6 Å². The zero-order valence-corrected chi connectivity index (χ0v) is 90.8. The van der Waals surface area contributed by atoms with E-state index in [1.807, 2.05) is 88.4 Å². The first-order chi connectivity index (χ1) is 67.8. The highest BCUT2D eigenvalue weighted by atomic mass is 35.5. The van der Waals surface area contributed by atoms with E-state index < -0.39 is 80.2 Å². The first-order valence-corrected chi connectivity index (χ1v) is 56.1. The smallest absolute Gasteiger partial charge is 0.235 e. The molecular formula is C105H148ClF5N14O14S5-2. The summed E-state index contributed by atoms with van der Waals surface area (Å²) in [6.45, 7) is 44.6. The molecular weight excluding hydrogens is 1970 g/mol. The summed E-state index contributed by atoms with van der Waals surface area (Å²) in [6.07, 6.45) is 5.26. The zero-order chi connectivity index (χ0) is 106. The van der Waals surface area contributed by atoms with Crippen LogP contribution in [0.25, 0.3) is 0 Å². The number of hydrogen-bond acceptors (Lipinski definition) is 25. The van der Waals surface area contributed by atoms with Crippen LogP contribution in [0.1, 0.15) is 178 Å². The highest BCUT2D eigenvalue weighted by Crippen LogP contribution is 2.36. The van der Waals surface area contributed by atoms with E-state index in [1.54, 1.807) is 130 Å². The van der Waals surface area contributed by atoms with Gasteiger partial charge >= 0.3 is 0 Å². The first kappa shape index (κ1) is 119. The lowest BCUT2D eigenvalue weighted by Crippen LogP contribution is -2.45. The molecule has 796 valence electrons. The third-order valence-corrected chi connectivity index (χ3v) is 31.2. The normalized spacial score (nSPS) is 20.1. The van der Waals surface area contributed by atoms with Crippen molar-refractivity contribution >= 4 is 138 Å². The number of nitrogens with two attached hydrogens (primary N) is 2. The van der Waals surface area contributed by atoms with Crippen molar-refractivity contribution in [3.63, 3.8) is 0 Å². The second-order valence-electron chi connectivity index (χ2n) is 38.5. The Labute approximate surface area is 860 Å². The monoisotopic (exact) mass is 2120 g/mol. The fourth-order valence-corrected chi connectivity index (χ4v) is 18.7. The molecule has 0 radical (unpaired) electrons. The summed E-state index contributed by atoms with van der Waals surface area (Å²) in [7, 11) is -9.99. The Morgan fingerprint density at radius 2 is 0.722 bits per heavy atom. The number of sulfonamides is 3. The van der Waals surface area contributed by atoms with Gasteiger partial charge in [-0.05, 0) is 297 Å². The molecule has 4 aliphatic heterocycles. The molecule has 14 rings (SSSR count). The summed E-state index contributed by atoms with van der Waals surface area (Å²) in [4.78, 5) is 9.04. The number of rotatable bonds is 30. The maximum atomic E-state index is 14.6. The summed E-state index contributed by atoms with van der Waals surface area (Å²) in [5.74, 6) is -4.05. The molecule has 28 nitrogen and oxygen atoms in total. The molecule has 9 aromatic carbocycles. The van der Waals surface area contributed by atoms with E-state index in [1.165, 1.54) is 28.6 Å². The van der Waals surface area contributed by atoms with E-state index in [4.69, 9.17) is 42.0 Å². The van der Waals surface area contributed by atoms with Crippen LogP contribution in [0, 0.1) is 41.9 Å². The molecule has 4 saturated heterocycles. The number of aryl methyl sites for hydroxylation is 1. The first-order valence-electron chi connectivity index (χ1n) is 48.8. The van der Waals surface area contributed by atoms with Crippen molar-refractivity contribution in [1.29, 1.82) is 0 Å². The number of hydrogen-bond donors (Lipinski definition) is 10. The molecule has 1 aliphatic carbocycles. The van der Waals surface area contributed by atoms with Crippen molar-refractivity contribution in [2.45, 2.75) is 265 Å². The van der Waals surface area contributed by atoms with Gasteiger partial charge in [0, 0.05) is 147 Å². The van der Waals surface area contributed by atoms with Crippen molar-refractivity contribution in [3.8, 4) is 0 Å². The summed E-state index contributed by atoms with van der Waals surface area (Å²) >= 11 is 2.86. The zero-order valence-electron chi connectivity index (χ0n) is 86.0. The Kier molecular flexibility index (Phi) is 47.2. The quantitative estimate of drug-likeness (QED) is 0.00865. The van der Waals surface area contributed by atoms with E-state index in [-0.39, 0.29) is 94.5 Å². The van der Waals surface area contributed by atoms with Crippen LogP contribution in [0.4, 0.5) is 95.9 Å². The summed E-state index contributed by atoms with van der Waals surface area (Å²) in [5, 5.41) is 15.1. The molecule has 5 aliphatic rings. The van der Waals surface area contributed by atoms with Crippen molar-refractivity contribution in [2.75, 3.05) is 126 Å². The summed E-state index contributed by atoms with van der Waals surface area (Å²) in [5.41, 5.74) is 26.6. The fraction of sp³-hybridized carbons (Fsp3) is 0.486. The Balaban J connectivity index is 0.000000214. The fourth-order valence-electron chi connectivity index (χ4n) is 16.0. The summed E-state index contributed by atoms with van der Waals surface area (Å²) in [6, 6.07) is 54.1. The topological polar surface area (TPSA) is 381 Å². The van der Waals surface area contributed by atoms with E-state index in [2.05, 4.69) is 137 Å². The minimum Gasteiger partial charge on any atom is -0.772 e. The van der Waals surface area contributed by atoms with Crippen molar-refractivity contribution in [3.05, 3.63) is 244 Å². The highest BCUT2D eigenvalue weighted by Gasteiger charge is 2.31. The van der Waals surface area contributed by atoms with E-state index >= 15 is 0 Å². The second-order valence-corrected chi connectivity index (χ2v) is 48.6. The van der Waals surface area contributed by atoms with Gasteiger partial charge in [0.25, 0.3) is 0 Å². The number of benzene rings is 9. The number of nitrogen functional groups attached to an aromatic ring is 2. The Morgan fingerprint density at radius 1 is 0.382 bits per heavy atom. The van der Waals surface area contributed by atoms with Gasteiger partial charge in [-0.25, -0.2) is 51.9 Å². The predicted molar refractivity (Wildman–Crippen MR) is 579 cm³/mol. The third kappa shape index (κ3) is 39.8. The van der Waals surface area contributed by atoms with Crippen LogP contribution in [0.2, 0.25) is 5.02 Å². The van der Waals surface area contributed by atoms with Gasteiger partial charge in [0.2, 0.25) is 30.1 Å². The van der Waals surface area contributed by atoms with Crippen molar-refractivity contribution in [2.24, 2.45) is 5.92 Å². The van der Waals surface area contributed by atoms with E-state index in [0.717, 1.165) is 159 Å². The van der Waals surface area contributed by atoms with Crippen LogP contribution in [-0.2, 0) is 97.4 Å². The molecule has 39 heteroatoms. The Hall–Kier alpha value is -9.81. The molecule has 144 heavy (non-hydrogen) atoms. The minimum atomic E-state index is -3.43. The third-order valence-electron chi connectivity index (χ3n) is 23.9. The van der Waals surface area contributed by atoms with Gasteiger partial charge in [-0.3, -0.25) is 17.9 Å². The maximum Gasteiger partial charge on any atom is 0.235 e. The molecule has 12 N–H and O–H groups in total. The van der Waals surface area contributed by atoms with Crippen LogP contribution in [-0.4, -0.2) is 183 Å². The van der Waals surface area contributed by atoms with Crippen LogP contribution in [0.3, 0.4) is 0 Å². The lowest BCUT2D eigenvalue weighted by molar-refractivity contribution is -0.00549. The number of anilines is 13. The van der Waals surface area contributed by atoms with Gasteiger partial charge in [-0.1, -0.05) is 110 Å². The van der Waals surface area contributed by atoms with Crippen LogP contribution < -0.4 is 71.8 Å². The van der Waals surface area contributed by atoms with Crippen molar-refractivity contribution in [1.82, 2.24) is 4.72 Å². The number of ether oxygens (including phenoxy) is 4. The second kappa shape index (κ2) is 56.9. The molecule has 0 bridgehead atoms. The molecule has 0 aromatic heterocycles. The van der Waals surface area contributed by atoms with Crippen LogP contribution >= 0.6 is 11.6 Å². The Bertz CT molecular complexity index is 5860. The van der Waals surface area contributed by atoms with Gasteiger partial charge in [0.15, 0.2) is 17.5 Å².